The third-order valence-electron chi connectivity index (χ3n) is 5.44. The van der Waals surface area contributed by atoms with Crippen molar-refractivity contribution in [3.05, 3.63) is 66.2 Å². The summed E-state index contributed by atoms with van der Waals surface area (Å²) in [5, 5.41) is 0. The molecule has 3 heterocycles. The predicted molar refractivity (Wildman–Crippen MR) is 109 cm³/mol. The SMILES string of the molecule is NCC1CN(c2c(-c3ccc(F)cc3)cncc2-c2nc3c(F)cc(F)cc3[nH]2)C1. The molecular weight excluding hydrogens is 391 g/mol. The van der Waals surface area contributed by atoms with E-state index in [1.807, 2.05) is 0 Å². The molecular formula is C22H18F3N5. The Morgan fingerprint density at radius 3 is 2.47 bits per heavy atom. The smallest absolute Gasteiger partial charge is 0.153 e. The second-order valence-corrected chi connectivity index (χ2v) is 7.47. The number of benzene rings is 2. The van der Waals surface area contributed by atoms with E-state index >= 15 is 0 Å². The van der Waals surface area contributed by atoms with Gasteiger partial charge in [-0.25, -0.2) is 18.2 Å². The van der Waals surface area contributed by atoms with Gasteiger partial charge in [0.25, 0.3) is 0 Å². The van der Waals surface area contributed by atoms with E-state index < -0.39 is 11.6 Å². The van der Waals surface area contributed by atoms with Gasteiger partial charge in [0.15, 0.2) is 5.82 Å². The first-order valence-electron chi connectivity index (χ1n) is 9.57. The summed E-state index contributed by atoms with van der Waals surface area (Å²) in [5.74, 6) is -0.983. The third kappa shape index (κ3) is 3.09. The van der Waals surface area contributed by atoms with Gasteiger partial charge in [0.2, 0.25) is 0 Å². The van der Waals surface area contributed by atoms with E-state index in [9.17, 15) is 13.2 Å². The van der Waals surface area contributed by atoms with E-state index in [0.29, 0.717) is 23.9 Å². The molecule has 30 heavy (non-hydrogen) atoms. The molecule has 3 N–H and O–H groups in total. The average Bonchev–Trinajstić information content (AvgIpc) is 3.12. The Balaban J connectivity index is 1.69. The van der Waals surface area contributed by atoms with Crippen molar-refractivity contribution >= 4 is 16.7 Å². The zero-order chi connectivity index (χ0) is 20.8. The number of aromatic amines is 1. The van der Waals surface area contributed by atoms with Crippen LogP contribution in [0, 0.1) is 23.4 Å². The molecule has 1 fully saturated rings. The molecule has 0 spiro atoms. The Hall–Kier alpha value is -3.39. The number of pyridine rings is 1. The monoisotopic (exact) mass is 409 g/mol. The average molecular weight is 409 g/mol. The van der Waals surface area contributed by atoms with Gasteiger partial charge in [-0.3, -0.25) is 4.98 Å². The van der Waals surface area contributed by atoms with E-state index in [4.69, 9.17) is 5.73 Å². The number of nitrogens with two attached hydrogens (primary N) is 1. The molecule has 0 radical (unpaired) electrons. The molecule has 8 heteroatoms. The Labute approximate surface area is 170 Å². The van der Waals surface area contributed by atoms with Gasteiger partial charge in [-0.2, -0.15) is 0 Å². The van der Waals surface area contributed by atoms with Crippen LogP contribution in [-0.2, 0) is 0 Å². The van der Waals surface area contributed by atoms with Crippen LogP contribution in [-0.4, -0.2) is 34.6 Å². The number of nitrogens with one attached hydrogen (secondary N) is 1. The summed E-state index contributed by atoms with van der Waals surface area (Å²) in [6.07, 6.45) is 3.36. The minimum absolute atomic E-state index is 0.0629. The lowest BCUT2D eigenvalue weighted by Gasteiger charge is -2.42. The minimum atomic E-state index is -0.733. The van der Waals surface area contributed by atoms with Gasteiger partial charge in [-0.15, -0.1) is 0 Å². The standard InChI is InChI=1S/C22H18F3N5/c23-14-3-1-13(2-4-14)16-8-27-9-17(21(16)30-10-12(7-26)11-30)22-28-19-6-15(24)5-18(25)20(19)29-22/h1-6,8-9,12H,7,10-11,26H2,(H,28,29). The number of hydrogen-bond donors (Lipinski definition) is 2. The first-order valence-corrected chi connectivity index (χ1v) is 9.57. The van der Waals surface area contributed by atoms with Gasteiger partial charge in [-0.1, -0.05) is 12.1 Å². The van der Waals surface area contributed by atoms with Gasteiger partial charge < -0.3 is 15.6 Å². The number of imidazole rings is 1. The molecule has 5 nitrogen and oxygen atoms in total. The molecule has 1 saturated heterocycles. The maximum atomic E-state index is 14.2. The molecule has 2 aromatic carbocycles. The predicted octanol–water partition coefficient (Wildman–Crippen LogP) is 4.10. The minimum Gasteiger partial charge on any atom is -0.370 e. The van der Waals surface area contributed by atoms with Crippen molar-refractivity contribution in [2.24, 2.45) is 11.7 Å². The topological polar surface area (TPSA) is 70.8 Å². The van der Waals surface area contributed by atoms with E-state index in [0.717, 1.165) is 36.0 Å². The van der Waals surface area contributed by atoms with Crippen LogP contribution >= 0.6 is 0 Å². The van der Waals surface area contributed by atoms with Crippen LogP contribution in [0.25, 0.3) is 33.5 Å². The van der Waals surface area contributed by atoms with Crippen molar-refractivity contribution < 1.29 is 13.2 Å². The first-order chi connectivity index (χ1) is 14.5. The molecule has 1 aliphatic rings. The summed E-state index contributed by atoms with van der Waals surface area (Å²) in [4.78, 5) is 13.9. The highest BCUT2D eigenvalue weighted by molar-refractivity contribution is 5.91. The van der Waals surface area contributed by atoms with Gasteiger partial charge in [0.1, 0.15) is 23.0 Å². The fraction of sp³-hybridized carbons (Fsp3) is 0.182. The van der Waals surface area contributed by atoms with Crippen molar-refractivity contribution in [1.82, 2.24) is 15.0 Å². The summed E-state index contributed by atoms with van der Waals surface area (Å²) in [6, 6.07) is 8.18. The van der Waals surface area contributed by atoms with E-state index in [2.05, 4.69) is 19.9 Å². The molecule has 0 bridgehead atoms. The summed E-state index contributed by atoms with van der Waals surface area (Å²) in [7, 11) is 0. The van der Waals surface area contributed by atoms with E-state index in [1.165, 1.54) is 18.2 Å². The number of nitrogens with zero attached hydrogens (tertiary/aromatic N) is 3. The Morgan fingerprint density at radius 2 is 1.73 bits per heavy atom. The molecule has 152 valence electrons. The van der Waals surface area contributed by atoms with Crippen LogP contribution < -0.4 is 10.6 Å². The normalized spacial score (nSPS) is 14.3. The number of fused-ring (bicyclic) bond motifs is 1. The lowest BCUT2D eigenvalue weighted by molar-refractivity contribution is 0.421. The fourth-order valence-electron chi connectivity index (χ4n) is 3.88. The zero-order valence-electron chi connectivity index (χ0n) is 15.9. The molecule has 5 rings (SSSR count). The van der Waals surface area contributed by atoms with Gasteiger partial charge in [-0.05, 0) is 30.3 Å². The lowest BCUT2D eigenvalue weighted by Crippen LogP contribution is -2.50. The Morgan fingerprint density at radius 1 is 1.00 bits per heavy atom. The highest BCUT2D eigenvalue weighted by Crippen LogP contribution is 2.41. The van der Waals surface area contributed by atoms with E-state index in [-0.39, 0.29) is 16.9 Å². The second kappa shape index (κ2) is 7.14. The summed E-state index contributed by atoms with van der Waals surface area (Å²) >= 11 is 0. The molecule has 2 aromatic heterocycles. The number of anilines is 1. The largest absolute Gasteiger partial charge is 0.370 e. The molecule has 0 saturated carbocycles. The van der Waals surface area contributed by atoms with Crippen molar-refractivity contribution in [2.45, 2.75) is 0 Å². The first kappa shape index (κ1) is 18.6. The number of rotatable bonds is 4. The molecule has 4 aromatic rings. The van der Waals surface area contributed by atoms with Crippen LogP contribution in [0.2, 0.25) is 0 Å². The molecule has 0 amide bonds. The van der Waals surface area contributed by atoms with Gasteiger partial charge in [0.05, 0.1) is 16.8 Å². The summed E-state index contributed by atoms with van der Waals surface area (Å²) in [6.45, 7) is 2.09. The highest BCUT2D eigenvalue weighted by Gasteiger charge is 2.30. The zero-order valence-corrected chi connectivity index (χ0v) is 15.9. The molecule has 0 aliphatic carbocycles. The van der Waals surface area contributed by atoms with E-state index in [1.54, 1.807) is 24.5 Å². The van der Waals surface area contributed by atoms with Gasteiger partial charge >= 0.3 is 0 Å². The van der Waals surface area contributed by atoms with Gasteiger partial charge in [0, 0.05) is 43.0 Å². The Kier molecular flexibility index (Phi) is 4.43. The molecule has 0 unspecified atom stereocenters. The molecule has 0 atom stereocenters. The van der Waals surface area contributed by atoms with Crippen molar-refractivity contribution in [1.29, 1.82) is 0 Å². The van der Waals surface area contributed by atoms with Crippen LogP contribution in [0.3, 0.4) is 0 Å². The van der Waals surface area contributed by atoms with Crippen LogP contribution in [0.4, 0.5) is 18.9 Å². The number of aromatic nitrogens is 3. The van der Waals surface area contributed by atoms with Crippen LogP contribution in [0.5, 0.6) is 0 Å². The third-order valence-corrected chi connectivity index (χ3v) is 5.44. The number of H-pyrrole nitrogens is 1. The van der Waals surface area contributed by atoms with Crippen molar-refractivity contribution in [2.75, 3.05) is 24.5 Å². The van der Waals surface area contributed by atoms with Crippen molar-refractivity contribution in [3.8, 4) is 22.5 Å². The van der Waals surface area contributed by atoms with Crippen LogP contribution in [0.1, 0.15) is 0 Å². The molecule has 1 aliphatic heterocycles. The van der Waals surface area contributed by atoms with Crippen molar-refractivity contribution in [3.63, 3.8) is 0 Å². The Bertz CT molecular complexity index is 1230. The summed E-state index contributed by atoms with van der Waals surface area (Å²) < 4.78 is 41.3. The van der Waals surface area contributed by atoms with Crippen LogP contribution in [0.15, 0.2) is 48.8 Å². The summed E-state index contributed by atoms with van der Waals surface area (Å²) in [5.41, 5.74) is 9.23. The highest BCUT2D eigenvalue weighted by atomic mass is 19.1. The number of halogens is 3. The maximum Gasteiger partial charge on any atom is 0.153 e. The quantitative estimate of drug-likeness (QED) is 0.532. The number of hydrogen-bond acceptors (Lipinski definition) is 4. The second-order valence-electron chi connectivity index (χ2n) is 7.47. The maximum absolute atomic E-state index is 14.2. The lowest BCUT2D eigenvalue weighted by atomic mass is 9.94. The fourth-order valence-corrected chi connectivity index (χ4v) is 3.88.